The fraction of sp³-hybridized carbons (Fsp3) is 0.312. The molecule has 0 amide bonds. The van der Waals surface area contributed by atoms with E-state index >= 15 is 0 Å². The summed E-state index contributed by atoms with van der Waals surface area (Å²) < 4.78 is 0. The molecule has 0 radical (unpaired) electrons. The molecule has 0 saturated carbocycles. The van der Waals surface area contributed by atoms with Crippen LogP contribution < -0.4 is 5.32 Å². The molecule has 0 spiro atoms. The van der Waals surface area contributed by atoms with Gasteiger partial charge in [0.25, 0.3) is 0 Å². The molecule has 1 atom stereocenters. The second-order valence-electron chi connectivity index (χ2n) is 5.16. The normalized spacial score (nSPS) is 17.9. The standard InChI is InChI=1S/C16H19N3S/c1-3-9-17-16(20)19-10-8-13-12-6-4-5-7-14(12)18-15(13)11(19)2/h3-7,11,18H,1,8-10H2,2H3,(H,17,20)/t11-/m0/s1. The van der Waals surface area contributed by atoms with Gasteiger partial charge < -0.3 is 15.2 Å². The van der Waals surface area contributed by atoms with Gasteiger partial charge in [-0.25, -0.2) is 0 Å². The number of hydrogen-bond donors (Lipinski definition) is 2. The van der Waals surface area contributed by atoms with Crippen LogP contribution in [0.15, 0.2) is 36.9 Å². The quantitative estimate of drug-likeness (QED) is 0.656. The molecule has 1 aromatic carbocycles. The molecule has 104 valence electrons. The summed E-state index contributed by atoms with van der Waals surface area (Å²) in [7, 11) is 0. The maximum atomic E-state index is 5.48. The lowest BCUT2D eigenvalue weighted by Crippen LogP contribution is -2.44. The highest BCUT2D eigenvalue weighted by atomic mass is 32.1. The van der Waals surface area contributed by atoms with Gasteiger partial charge in [-0.2, -0.15) is 0 Å². The zero-order valence-electron chi connectivity index (χ0n) is 11.6. The minimum atomic E-state index is 0.274. The van der Waals surface area contributed by atoms with Crippen LogP contribution in [0.3, 0.4) is 0 Å². The summed E-state index contributed by atoms with van der Waals surface area (Å²) in [4.78, 5) is 5.80. The Morgan fingerprint density at radius 3 is 3.15 bits per heavy atom. The Morgan fingerprint density at radius 2 is 2.35 bits per heavy atom. The third-order valence-electron chi connectivity index (χ3n) is 3.99. The van der Waals surface area contributed by atoms with Crippen LogP contribution in [0.25, 0.3) is 10.9 Å². The second-order valence-corrected chi connectivity index (χ2v) is 5.54. The van der Waals surface area contributed by atoms with Gasteiger partial charge in [0.1, 0.15) is 0 Å². The number of aromatic nitrogens is 1. The fourth-order valence-corrected chi connectivity index (χ4v) is 3.30. The largest absolute Gasteiger partial charge is 0.359 e. The Morgan fingerprint density at radius 1 is 1.55 bits per heavy atom. The molecule has 3 nitrogen and oxygen atoms in total. The summed E-state index contributed by atoms with van der Waals surface area (Å²) in [5, 5.41) is 5.38. The molecular formula is C16H19N3S. The molecule has 0 unspecified atom stereocenters. The molecule has 4 heteroatoms. The third-order valence-corrected chi connectivity index (χ3v) is 4.37. The Bertz CT molecular complexity index is 659. The molecule has 0 fully saturated rings. The van der Waals surface area contributed by atoms with Gasteiger partial charge in [0.05, 0.1) is 6.04 Å². The van der Waals surface area contributed by atoms with Crippen molar-refractivity contribution in [1.82, 2.24) is 15.2 Å². The Balaban J connectivity index is 1.92. The van der Waals surface area contributed by atoms with E-state index in [4.69, 9.17) is 12.2 Å². The summed E-state index contributed by atoms with van der Waals surface area (Å²) in [6, 6.07) is 8.78. The fourth-order valence-electron chi connectivity index (χ4n) is 2.97. The molecule has 3 rings (SSSR count). The van der Waals surface area contributed by atoms with Crippen molar-refractivity contribution < 1.29 is 0 Å². The number of benzene rings is 1. The number of fused-ring (bicyclic) bond motifs is 3. The number of H-pyrrole nitrogens is 1. The van der Waals surface area contributed by atoms with E-state index in [0.29, 0.717) is 6.54 Å². The second kappa shape index (κ2) is 5.29. The van der Waals surface area contributed by atoms with Gasteiger partial charge in [0.2, 0.25) is 0 Å². The van der Waals surface area contributed by atoms with Crippen molar-refractivity contribution in [1.29, 1.82) is 0 Å². The van der Waals surface area contributed by atoms with Crippen LogP contribution in [-0.2, 0) is 6.42 Å². The first-order valence-corrected chi connectivity index (χ1v) is 7.38. The maximum Gasteiger partial charge on any atom is 0.169 e. The van der Waals surface area contributed by atoms with Gasteiger partial charge in [0.15, 0.2) is 5.11 Å². The average Bonchev–Trinajstić information content (AvgIpc) is 2.85. The lowest BCUT2D eigenvalue weighted by molar-refractivity contribution is 0.311. The van der Waals surface area contributed by atoms with E-state index in [-0.39, 0.29) is 6.04 Å². The molecule has 2 N–H and O–H groups in total. The highest BCUT2D eigenvalue weighted by Crippen LogP contribution is 2.33. The number of para-hydroxylation sites is 1. The van der Waals surface area contributed by atoms with E-state index in [1.807, 2.05) is 6.08 Å². The van der Waals surface area contributed by atoms with E-state index in [1.165, 1.54) is 22.2 Å². The van der Waals surface area contributed by atoms with Gasteiger partial charge in [-0.15, -0.1) is 6.58 Å². The number of thiocarbonyl (C=S) groups is 1. The minimum absolute atomic E-state index is 0.274. The molecule has 1 aliphatic heterocycles. The van der Waals surface area contributed by atoms with E-state index in [1.54, 1.807) is 0 Å². The summed E-state index contributed by atoms with van der Waals surface area (Å²) in [6.07, 6.45) is 2.86. The molecule has 2 aromatic rings. The van der Waals surface area contributed by atoms with E-state index < -0.39 is 0 Å². The molecule has 0 bridgehead atoms. The number of hydrogen-bond acceptors (Lipinski definition) is 1. The first-order chi connectivity index (χ1) is 9.72. The number of aromatic amines is 1. The zero-order chi connectivity index (χ0) is 14.1. The van der Waals surface area contributed by atoms with Crippen LogP contribution in [0.5, 0.6) is 0 Å². The molecule has 20 heavy (non-hydrogen) atoms. The third kappa shape index (κ3) is 2.10. The first kappa shape index (κ1) is 13.2. The molecule has 0 saturated heterocycles. The van der Waals surface area contributed by atoms with Crippen LogP contribution in [-0.4, -0.2) is 28.1 Å². The van der Waals surface area contributed by atoms with Gasteiger partial charge in [-0.3, -0.25) is 0 Å². The van der Waals surface area contributed by atoms with Gasteiger partial charge in [-0.05, 0) is 37.2 Å². The number of nitrogens with zero attached hydrogens (tertiary/aromatic N) is 1. The molecular weight excluding hydrogens is 266 g/mol. The summed E-state index contributed by atoms with van der Waals surface area (Å²) in [6.45, 7) is 7.59. The van der Waals surface area contributed by atoms with Crippen LogP contribution in [0, 0.1) is 0 Å². The van der Waals surface area contributed by atoms with E-state index in [9.17, 15) is 0 Å². The smallest absolute Gasteiger partial charge is 0.169 e. The van der Waals surface area contributed by atoms with Crippen molar-refractivity contribution in [3.63, 3.8) is 0 Å². The van der Waals surface area contributed by atoms with Crippen molar-refractivity contribution >= 4 is 28.2 Å². The first-order valence-electron chi connectivity index (χ1n) is 6.97. The summed E-state index contributed by atoms with van der Waals surface area (Å²) in [5.41, 5.74) is 3.95. The highest BCUT2D eigenvalue weighted by Gasteiger charge is 2.28. The maximum absolute atomic E-state index is 5.48. The topological polar surface area (TPSA) is 31.1 Å². The van der Waals surface area contributed by atoms with Crippen LogP contribution in [0.4, 0.5) is 0 Å². The number of nitrogens with one attached hydrogen (secondary N) is 2. The van der Waals surface area contributed by atoms with Crippen molar-refractivity contribution in [2.24, 2.45) is 0 Å². The predicted molar refractivity (Wildman–Crippen MR) is 87.9 cm³/mol. The lowest BCUT2D eigenvalue weighted by atomic mass is 9.99. The Labute approximate surface area is 124 Å². The van der Waals surface area contributed by atoms with Gasteiger partial charge in [-0.1, -0.05) is 24.3 Å². The highest BCUT2D eigenvalue weighted by molar-refractivity contribution is 7.80. The van der Waals surface area contributed by atoms with Crippen molar-refractivity contribution in [3.05, 3.63) is 48.2 Å². The minimum Gasteiger partial charge on any atom is -0.359 e. The van der Waals surface area contributed by atoms with Crippen LogP contribution in [0.2, 0.25) is 0 Å². The predicted octanol–water partition coefficient (Wildman–Crippen LogP) is 3.15. The van der Waals surface area contributed by atoms with Crippen molar-refractivity contribution in [3.8, 4) is 0 Å². The Kier molecular flexibility index (Phi) is 3.49. The molecule has 1 aromatic heterocycles. The van der Waals surface area contributed by atoms with E-state index in [2.05, 4.69) is 53.0 Å². The average molecular weight is 285 g/mol. The molecule has 2 heterocycles. The molecule has 1 aliphatic rings. The summed E-state index contributed by atoms with van der Waals surface area (Å²) >= 11 is 5.48. The van der Waals surface area contributed by atoms with Crippen molar-refractivity contribution in [2.45, 2.75) is 19.4 Å². The van der Waals surface area contributed by atoms with Crippen LogP contribution in [0.1, 0.15) is 24.2 Å². The summed E-state index contributed by atoms with van der Waals surface area (Å²) in [5.74, 6) is 0. The van der Waals surface area contributed by atoms with Crippen molar-refractivity contribution in [2.75, 3.05) is 13.1 Å². The lowest BCUT2D eigenvalue weighted by Gasteiger charge is -2.35. The number of rotatable bonds is 2. The van der Waals surface area contributed by atoms with Crippen LogP contribution >= 0.6 is 12.2 Å². The molecule has 0 aliphatic carbocycles. The van der Waals surface area contributed by atoms with Gasteiger partial charge in [0, 0.05) is 29.7 Å². The SMILES string of the molecule is C=CCNC(=S)N1CCc2c([nH]c3ccccc23)[C@@H]1C. The van der Waals surface area contributed by atoms with Gasteiger partial charge >= 0.3 is 0 Å². The monoisotopic (exact) mass is 285 g/mol. The Hall–Kier alpha value is -1.81. The van der Waals surface area contributed by atoms with E-state index in [0.717, 1.165) is 18.1 Å². The zero-order valence-corrected chi connectivity index (χ0v) is 12.5.